The number of hydrogen-bond acceptors (Lipinski definition) is 4. The Morgan fingerprint density at radius 1 is 1.20 bits per heavy atom. The first-order valence-electron chi connectivity index (χ1n) is 8.98. The molecule has 2 N–H and O–H groups in total. The standard InChI is InChI=1S/C18H26N2O4S/c1-24-17-10-9-15(25(22,23)20-14-7-8-14)12-16(17)19-18(21)11-6-13-4-2-3-5-13/h9-10,12-14,20H,2-8,11H2,1H3,(H,19,21). The second-order valence-corrected chi connectivity index (χ2v) is 8.71. The number of benzene rings is 1. The minimum absolute atomic E-state index is 0.0385. The molecule has 6 nitrogen and oxygen atoms in total. The predicted molar refractivity (Wildman–Crippen MR) is 96.2 cm³/mol. The van der Waals surface area contributed by atoms with E-state index in [0.29, 0.717) is 23.8 Å². The summed E-state index contributed by atoms with van der Waals surface area (Å²) in [6.07, 6.45) is 8.01. The molecule has 2 aliphatic rings. The lowest BCUT2D eigenvalue weighted by atomic mass is 10.0. The van der Waals surface area contributed by atoms with Crippen molar-refractivity contribution >= 4 is 21.6 Å². The van der Waals surface area contributed by atoms with Crippen LogP contribution in [0.1, 0.15) is 51.4 Å². The largest absolute Gasteiger partial charge is 0.495 e. The first-order chi connectivity index (χ1) is 12.0. The second-order valence-electron chi connectivity index (χ2n) is 6.99. The van der Waals surface area contributed by atoms with Crippen LogP contribution in [0.5, 0.6) is 5.75 Å². The highest BCUT2D eigenvalue weighted by Crippen LogP contribution is 2.31. The SMILES string of the molecule is COc1ccc(S(=O)(=O)NC2CC2)cc1NC(=O)CCC1CCCC1. The van der Waals surface area contributed by atoms with Crippen molar-refractivity contribution in [1.82, 2.24) is 4.72 Å². The third-order valence-corrected chi connectivity index (χ3v) is 6.43. The van der Waals surface area contributed by atoms with Gasteiger partial charge in [-0.15, -0.1) is 0 Å². The van der Waals surface area contributed by atoms with Crippen LogP contribution in [0.25, 0.3) is 0 Å². The fourth-order valence-electron chi connectivity index (χ4n) is 3.29. The van der Waals surface area contributed by atoms with E-state index >= 15 is 0 Å². The molecule has 2 fully saturated rings. The van der Waals surface area contributed by atoms with Crippen LogP contribution in [-0.4, -0.2) is 27.5 Å². The molecule has 3 rings (SSSR count). The third kappa shape index (κ3) is 4.95. The molecule has 1 aromatic rings. The van der Waals surface area contributed by atoms with Gasteiger partial charge in [-0.25, -0.2) is 13.1 Å². The zero-order chi connectivity index (χ0) is 17.9. The van der Waals surface area contributed by atoms with E-state index in [1.807, 2.05) is 0 Å². The van der Waals surface area contributed by atoms with Crippen molar-refractivity contribution in [3.63, 3.8) is 0 Å². The Morgan fingerprint density at radius 3 is 2.56 bits per heavy atom. The molecule has 2 saturated carbocycles. The van der Waals surface area contributed by atoms with Crippen molar-refractivity contribution in [3.05, 3.63) is 18.2 Å². The smallest absolute Gasteiger partial charge is 0.240 e. The molecule has 0 bridgehead atoms. The molecule has 25 heavy (non-hydrogen) atoms. The molecule has 1 aromatic carbocycles. The molecule has 138 valence electrons. The van der Waals surface area contributed by atoms with Crippen LogP contribution in [0.15, 0.2) is 23.1 Å². The Kier molecular flexibility index (Phi) is 5.64. The number of rotatable bonds is 8. The summed E-state index contributed by atoms with van der Waals surface area (Å²) < 4.78 is 32.6. The molecule has 0 unspecified atom stereocenters. The van der Waals surface area contributed by atoms with E-state index < -0.39 is 10.0 Å². The Balaban J connectivity index is 1.67. The Labute approximate surface area is 149 Å². The van der Waals surface area contributed by atoms with Crippen LogP contribution in [0.2, 0.25) is 0 Å². The topological polar surface area (TPSA) is 84.5 Å². The van der Waals surface area contributed by atoms with E-state index in [-0.39, 0.29) is 16.8 Å². The van der Waals surface area contributed by atoms with E-state index in [2.05, 4.69) is 10.0 Å². The summed E-state index contributed by atoms with van der Waals surface area (Å²) in [6.45, 7) is 0. The Hall–Kier alpha value is -1.60. The number of nitrogens with one attached hydrogen (secondary N) is 2. The molecule has 0 spiro atoms. The fourth-order valence-corrected chi connectivity index (χ4v) is 4.62. The van der Waals surface area contributed by atoms with Crippen molar-refractivity contribution in [1.29, 1.82) is 0 Å². The van der Waals surface area contributed by atoms with Gasteiger partial charge < -0.3 is 10.1 Å². The van der Waals surface area contributed by atoms with E-state index in [4.69, 9.17) is 4.74 Å². The lowest BCUT2D eigenvalue weighted by Crippen LogP contribution is -2.26. The summed E-state index contributed by atoms with van der Waals surface area (Å²) >= 11 is 0. The average Bonchev–Trinajstić information content (AvgIpc) is 3.23. The lowest BCUT2D eigenvalue weighted by Gasteiger charge is -2.14. The molecule has 0 heterocycles. The number of ether oxygens (including phenoxy) is 1. The van der Waals surface area contributed by atoms with E-state index in [1.54, 1.807) is 6.07 Å². The van der Waals surface area contributed by atoms with Gasteiger partial charge in [-0.1, -0.05) is 25.7 Å². The first-order valence-corrected chi connectivity index (χ1v) is 10.5. The molecule has 0 atom stereocenters. The van der Waals surface area contributed by atoms with Gasteiger partial charge in [-0.2, -0.15) is 0 Å². The maximum Gasteiger partial charge on any atom is 0.240 e. The van der Waals surface area contributed by atoms with Crippen LogP contribution in [0.3, 0.4) is 0 Å². The summed E-state index contributed by atoms with van der Waals surface area (Å²) in [5, 5.41) is 2.81. The highest BCUT2D eigenvalue weighted by Gasteiger charge is 2.28. The summed E-state index contributed by atoms with van der Waals surface area (Å²) in [6, 6.07) is 4.58. The quantitative estimate of drug-likeness (QED) is 0.740. The van der Waals surface area contributed by atoms with Crippen LogP contribution in [-0.2, 0) is 14.8 Å². The van der Waals surface area contributed by atoms with Gasteiger partial charge >= 0.3 is 0 Å². The van der Waals surface area contributed by atoms with Gasteiger partial charge in [-0.05, 0) is 43.4 Å². The van der Waals surface area contributed by atoms with Crippen molar-refractivity contribution in [3.8, 4) is 5.75 Å². The summed E-state index contributed by atoms with van der Waals surface area (Å²) in [4.78, 5) is 12.4. The van der Waals surface area contributed by atoms with Gasteiger partial charge in [0.2, 0.25) is 15.9 Å². The maximum atomic E-state index is 12.4. The summed E-state index contributed by atoms with van der Waals surface area (Å²) in [5.74, 6) is 0.997. The predicted octanol–water partition coefficient (Wildman–Crippen LogP) is 3.04. The van der Waals surface area contributed by atoms with Gasteiger partial charge in [-0.3, -0.25) is 4.79 Å². The molecule has 0 aromatic heterocycles. The van der Waals surface area contributed by atoms with Crippen LogP contribution >= 0.6 is 0 Å². The number of hydrogen-bond donors (Lipinski definition) is 2. The van der Waals surface area contributed by atoms with Gasteiger partial charge in [0, 0.05) is 12.5 Å². The normalized spacial score (nSPS) is 18.3. The van der Waals surface area contributed by atoms with Gasteiger partial charge in [0.05, 0.1) is 17.7 Å². The molecule has 1 amide bonds. The number of amides is 1. The lowest BCUT2D eigenvalue weighted by molar-refractivity contribution is -0.116. The number of anilines is 1. The third-order valence-electron chi connectivity index (χ3n) is 4.91. The number of sulfonamides is 1. The minimum Gasteiger partial charge on any atom is -0.495 e. The summed E-state index contributed by atoms with van der Waals surface area (Å²) in [5.41, 5.74) is 0.401. The molecule has 0 saturated heterocycles. The molecule has 0 aliphatic heterocycles. The van der Waals surface area contributed by atoms with Gasteiger partial charge in [0.25, 0.3) is 0 Å². The van der Waals surface area contributed by atoms with E-state index in [0.717, 1.165) is 19.3 Å². The summed E-state index contributed by atoms with van der Waals surface area (Å²) in [7, 11) is -2.06. The van der Waals surface area contributed by atoms with Crippen LogP contribution in [0, 0.1) is 5.92 Å². The van der Waals surface area contributed by atoms with E-state index in [1.165, 1.54) is 44.9 Å². The van der Waals surface area contributed by atoms with Gasteiger partial charge in [0.1, 0.15) is 5.75 Å². The monoisotopic (exact) mass is 366 g/mol. The van der Waals surface area contributed by atoms with Crippen LogP contribution in [0.4, 0.5) is 5.69 Å². The molecule has 7 heteroatoms. The van der Waals surface area contributed by atoms with Crippen LogP contribution < -0.4 is 14.8 Å². The van der Waals surface area contributed by atoms with Gasteiger partial charge in [0.15, 0.2) is 0 Å². The Morgan fingerprint density at radius 2 is 1.92 bits per heavy atom. The highest BCUT2D eigenvalue weighted by atomic mass is 32.2. The zero-order valence-electron chi connectivity index (χ0n) is 14.6. The molecule has 0 radical (unpaired) electrons. The van der Waals surface area contributed by atoms with Crippen molar-refractivity contribution in [2.75, 3.05) is 12.4 Å². The number of carbonyl (C=O) groups is 1. The maximum absolute atomic E-state index is 12.4. The molecular weight excluding hydrogens is 340 g/mol. The minimum atomic E-state index is -3.56. The Bertz CT molecular complexity index is 723. The second kappa shape index (κ2) is 7.74. The fraction of sp³-hybridized carbons (Fsp3) is 0.611. The van der Waals surface area contributed by atoms with Crippen molar-refractivity contribution < 1.29 is 17.9 Å². The number of carbonyl (C=O) groups excluding carboxylic acids is 1. The van der Waals surface area contributed by atoms with E-state index in [9.17, 15) is 13.2 Å². The highest BCUT2D eigenvalue weighted by molar-refractivity contribution is 7.89. The molecular formula is C18H26N2O4S. The number of methoxy groups -OCH3 is 1. The van der Waals surface area contributed by atoms with Crippen molar-refractivity contribution in [2.24, 2.45) is 5.92 Å². The first kappa shape index (κ1) is 18.2. The molecule has 2 aliphatic carbocycles. The average molecular weight is 366 g/mol. The van der Waals surface area contributed by atoms with Crippen molar-refractivity contribution in [2.45, 2.75) is 62.3 Å². The zero-order valence-corrected chi connectivity index (χ0v) is 15.4.